The molecular formula is C23H36N2O. The largest absolute Gasteiger partial charge is 0.494 e. The van der Waals surface area contributed by atoms with Crippen molar-refractivity contribution in [1.29, 1.82) is 0 Å². The van der Waals surface area contributed by atoms with Gasteiger partial charge in [0.05, 0.1) is 6.61 Å². The molecule has 4 rings (SSSR count). The molecule has 3 fully saturated rings. The third kappa shape index (κ3) is 4.80. The first kappa shape index (κ1) is 18.3. The lowest BCUT2D eigenvalue weighted by molar-refractivity contribution is 0.0869. The Morgan fingerprint density at radius 3 is 2.19 bits per heavy atom. The van der Waals surface area contributed by atoms with Crippen LogP contribution in [0.3, 0.4) is 0 Å². The number of likely N-dealkylation sites (tertiary alicyclic amines) is 2. The van der Waals surface area contributed by atoms with Crippen LogP contribution in [0.4, 0.5) is 0 Å². The first-order valence-electron chi connectivity index (χ1n) is 11.1. The molecule has 2 heterocycles. The Kier molecular flexibility index (Phi) is 6.50. The smallest absolute Gasteiger partial charge is 0.119 e. The predicted octanol–water partition coefficient (Wildman–Crippen LogP) is 4.67. The van der Waals surface area contributed by atoms with Crippen molar-refractivity contribution in [3.05, 3.63) is 29.8 Å². The fraction of sp³-hybridized carbons (Fsp3) is 0.739. The number of hydrogen-bond acceptors (Lipinski definition) is 3. The zero-order valence-corrected chi connectivity index (χ0v) is 16.4. The molecule has 1 aliphatic carbocycles. The first-order chi connectivity index (χ1) is 12.9. The van der Waals surface area contributed by atoms with Gasteiger partial charge in [0.25, 0.3) is 0 Å². The second-order valence-electron chi connectivity index (χ2n) is 8.57. The molecule has 0 bridgehead atoms. The zero-order valence-electron chi connectivity index (χ0n) is 16.4. The highest BCUT2D eigenvalue weighted by molar-refractivity contribution is 5.29. The molecule has 0 N–H and O–H groups in total. The molecule has 144 valence electrons. The molecule has 26 heavy (non-hydrogen) atoms. The maximum absolute atomic E-state index is 5.98. The molecule has 2 aliphatic heterocycles. The summed E-state index contributed by atoms with van der Waals surface area (Å²) < 4.78 is 5.98. The third-order valence-corrected chi connectivity index (χ3v) is 6.79. The number of piperidine rings is 1. The highest BCUT2D eigenvalue weighted by Crippen LogP contribution is 2.36. The molecule has 3 aliphatic rings. The van der Waals surface area contributed by atoms with Crippen molar-refractivity contribution in [3.63, 3.8) is 0 Å². The van der Waals surface area contributed by atoms with E-state index >= 15 is 0 Å². The van der Waals surface area contributed by atoms with Gasteiger partial charge in [0.15, 0.2) is 0 Å². The van der Waals surface area contributed by atoms with Crippen LogP contribution < -0.4 is 4.74 Å². The molecule has 2 saturated heterocycles. The topological polar surface area (TPSA) is 15.7 Å². The number of benzene rings is 1. The van der Waals surface area contributed by atoms with Crippen molar-refractivity contribution >= 4 is 0 Å². The Bertz CT molecular complexity index is 526. The number of hydrogen-bond donors (Lipinski definition) is 0. The summed E-state index contributed by atoms with van der Waals surface area (Å²) in [7, 11) is 0. The van der Waals surface area contributed by atoms with Crippen molar-refractivity contribution in [1.82, 2.24) is 9.80 Å². The molecule has 0 atom stereocenters. The van der Waals surface area contributed by atoms with Crippen molar-refractivity contribution in [2.75, 3.05) is 39.3 Å². The summed E-state index contributed by atoms with van der Waals surface area (Å²) in [4.78, 5) is 5.28. The Hall–Kier alpha value is -1.06. The average Bonchev–Trinajstić information content (AvgIpc) is 2.66. The van der Waals surface area contributed by atoms with Crippen molar-refractivity contribution in [2.24, 2.45) is 0 Å². The van der Waals surface area contributed by atoms with E-state index in [0.29, 0.717) is 0 Å². The second-order valence-corrected chi connectivity index (χ2v) is 8.57. The Morgan fingerprint density at radius 1 is 0.808 bits per heavy atom. The van der Waals surface area contributed by atoms with Crippen LogP contribution in [-0.2, 0) is 0 Å². The van der Waals surface area contributed by atoms with Crippen LogP contribution >= 0.6 is 0 Å². The van der Waals surface area contributed by atoms with Crippen LogP contribution in [0.2, 0.25) is 0 Å². The lowest BCUT2D eigenvalue weighted by atomic mass is 9.80. The SMILES string of the molecule is c1cc(C2CCC(N3CCC3)CC2)ccc1OCCCN1CCCCC1. The fourth-order valence-electron chi connectivity index (χ4n) is 4.98. The predicted molar refractivity (Wildman–Crippen MR) is 108 cm³/mol. The van der Waals surface area contributed by atoms with Crippen molar-refractivity contribution < 1.29 is 4.74 Å². The maximum Gasteiger partial charge on any atom is 0.119 e. The van der Waals surface area contributed by atoms with E-state index in [4.69, 9.17) is 4.74 Å². The van der Waals surface area contributed by atoms with Gasteiger partial charge in [0, 0.05) is 12.6 Å². The van der Waals surface area contributed by atoms with Gasteiger partial charge in [-0.15, -0.1) is 0 Å². The lowest BCUT2D eigenvalue weighted by Crippen LogP contribution is -2.46. The highest BCUT2D eigenvalue weighted by Gasteiger charge is 2.29. The van der Waals surface area contributed by atoms with Crippen LogP contribution in [-0.4, -0.2) is 55.2 Å². The molecule has 1 aromatic carbocycles. The molecule has 0 unspecified atom stereocenters. The molecule has 1 saturated carbocycles. The molecule has 0 radical (unpaired) electrons. The maximum atomic E-state index is 5.98. The summed E-state index contributed by atoms with van der Waals surface area (Å²) in [5.74, 6) is 1.81. The van der Waals surface area contributed by atoms with Crippen LogP contribution in [0, 0.1) is 0 Å². The number of nitrogens with zero attached hydrogens (tertiary/aromatic N) is 2. The Balaban J connectivity index is 1.16. The summed E-state index contributed by atoms with van der Waals surface area (Å²) in [6.07, 6.45) is 12.2. The monoisotopic (exact) mass is 356 g/mol. The molecule has 3 nitrogen and oxygen atoms in total. The first-order valence-corrected chi connectivity index (χ1v) is 11.1. The highest BCUT2D eigenvalue weighted by atomic mass is 16.5. The summed E-state index contributed by atoms with van der Waals surface area (Å²) in [5, 5.41) is 0. The molecule has 0 aromatic heterocycles. The summed E-state index contributed by atoms with van der Waals surface area (Å²) in [6.45, 7) is 7.30. The normalized spacial score (nSPS) is 27.8. The van der Waals surface area contributed by atoms with Gasteiger partial charge in [0.1, 0.15) is 5.75 Å². The molecule has 3 heteroatoms. The van der Waals surface area contributed by atoms with Gasteiger partial charge >= 0.3 is 0 Å². The second kappa shape index (κ2) is 9.23. The van der Waals surface area contributed by atoms with Gasteiger partial charge < -0.3 is 14.5 Å². The minimum absolute atomic E-state index is 0.765. The van der Waals surface area contributed by atoms with E-state index in [0.717, 1.165) is 30.7 Å². The number of ether oxygens (including phenoxy) is 1. The van der Waals surface area contributed by atoms with Crippen LogP contribution in [0.5, 0.6) is 5.75 Å². The minimum atomic E-state index is 0.765. The van der Waals surface area contributed by atoms with E-state index in [-0.39, 0.29) is 0 Å². The fourth-order valence-corrected chi connectivity index (χ4v) is 4.98. The van der Waals surface area contributed by atoms with Crippen LogP contribution in [0.1, 0.15) is 69.3 Å². The average molecular weight is 357 g/mol. The van der Waals surface area contributed by atoms with Crippen LogP contribution in [0.15, 0.2) is 24.3 Å². The summed E-state index contributed by atoms with van der Waals surface area (Å²) in [5.41, 5.74) is 1.52. The van der Waals surface area contributed by atoms with E-state index < -0.39 is 0 Å². The van der Waals surface area contributed by atoms with Gasteiger partial charge in [-0.1, -0.05) is 18.6 Å². The van der Waals surface area contributed by atoms with Crippen LogP contribution in [0.25, 0.3) is 0 Å². The zero-order chi connectivity index (χ0) is 17.6. The molecule has 0 spiro atoms. The molecular weight excluding hydrogens is 320 g/mol. The van der Waals surface area contributed by atoms with E-state index in [2.05, 4.69) is 34.1 Å². The Morgan fingerprint density at radius 2 is 1.54 bits per heavy atom. The minimum Gasteiger partial charge on any atom is -0.494 e. The standard InChI is InChI=1S/C23H36N2O/c1-2-14-24(15-3-1)16-5-19-26-23-12-8-21(9-13-23)20-6-10-22(11-7-20)25-17-4-18-25/h8-9,12-13,20,22H,1-7,10-11,14-19H2. The summed E-state index contributed by atoms with van der Waals surface area (Å²) >= 11 is 0. The van der Waals surface area contributed by atoms with Crippen molar-refractivity contribution in [2.45, 2.75) is 69.7 Å². The molecule has 0 amide bonds. The lowest BCUT2D eigenvalue weighted by Gasteiger charge is -2.42. The summed E-state index contributed by atoms with van der Waals surface area (Å²) in [6, 6.07) is 9.89. The van der Waals surface area contributed by atoms with Gasteiger partial charge in [-0.05, 0) is 101 Å². The van der Waals surface area contributed by atoms with Gasteiger partial charge in [-0.2, -0.15) is 0 Å². The van der Waals surface area contributed by atoms with E-state index in [1.807, 2.05) is 0 Å². The quantitative estimate of drug-likeness (QED) is 0.660. The van der Waals surface area contributed by atoms with Gasteiger partial charge in [-0.25, -0.2) is 0 Å². The van der Waals surface area contributed by atoms with Gasteiger partial charge in [-0.3, -0.25) is 0 Å². The number of rotatable bonds is 7. The van der Waals surface area contributed by atoms with Crippen molar-refractivity contribution in [3.8, 4) is 5.75 Å². The van der Waals surface area contributed by atoms with E-state index in [9.17, 15) is 0 Å². The Labute approximate surface area is 159 Å². The van der Waals surface area contributed by atoms with E-state index in [1.165, 1.54) is 89.7 Å². The molecule has 1 aromatic rings. The van der Waals surface area contributed by atoms with E-state index in [1.54, 1.807) is 0 Å². The van der Waals surface area contributed by atoms with Gasteiger partial charge in [0.2, 0.25) is 0 Å². The third-order valence-electron chi connectivity index (χ3n) is 6.79.